The topological polar surface area (TPSA) is 9.23 Å². The van der Waals surface area contributed by atoms with Crippen molar-refractivity contribution in [3.8, 4) is 16.9 Å². The van der Waals surface area contributed by atoms with E-state index in [0.717, 1.165) is 30.9 Å². The van der Waals surface area contributed by atoms with Gasteiger partial charge in [0.25, 0.3) is 0 Å². The molecule has 2 aromatic carbocycles. The summed E-state index contributed by atoms with van der Waals surface area (Å²) < 4.78 is 46.3. The van der Waals surface area contributed by atoms with Crippen LogP contribution in [0.25, 0.3) is 11.1 Å². The summed E-state index contributed by atoms with van der Waals surface area (Å²) in [4.78, 5) is 0. The Balaban J connectivity index is 1.58. The second-order valence-electron chi connectivity index (χ2n) is 8.37. The Kier molecular flexibility index (Phi) is 8.01. The molecular weight excluding hydrogens is 385 g/mol. The Morgan fingerprint density at radius 1 is 0.967 bits per heavy atom. The minimum Gasteiger partial charge on any atom is -0.486 e. The lowest BCUT2D eigenvalue weighted by atomic mass is 9.77. The van der Waals surface area contributed by atoms with Gasteiger partial charge in [-0.05, 0) is 60.1 Å². The SMILES string of the molecule is C=CC(Oc1ccc(-c2cc(F)c(F)c(F)c2)cc1)C1CCC(CCCCC)CC1. The fourth-order valence-electron chi connectivity index (χ4n) is 4.43. The van der Waals surface area contributed by atoms with Crippen molar-refractivity contribution in [2.45, 2.75) is 64.4 Å². The standard InChI is InChI=1S/C26H31F3O/c1-3-5-6-7-18-8-10-20(11-9-18)25(4-2)30-22-14-12-19(13-15-22)21-16-23(27)26(29)24(28)17-21/h4,12-18,20,25H,2-3,5-11H2,1H3. The van der Waals surface area contributed by atoms with E-state index < -0.39 is 17.5 Å². The van der Waals surface area contributed by atoms with Crippen molar-refractivity contribution in [2.75, 3.05) is 0 Å². The summed E-state index contributed by atoms with van der Waals surface area (Å²) in [5.41, 5.74) is 0.891. The van der Waals surface area contributed by atoms with Gasteiger partial charge in [-0.3, -0.25) is 0 Å². The van der Waals surface area contributed by atoms with Gasteiger partial charge in [0.15, 0.2) is 17.5 Å². The Morgan fingerprint density at radius 3 is 2.17 bits per heavy atom. The third kappa shape index (κ3) is 5.68. The average Bonchev–Trinajstić information content (AvgIpc) is 2.76. The van der Waals surface area contributed by atoms with Gasteiger partial charge in [-0.25, -0.2) is 13.2 Å². The molecule has 0 bridgehead atoms. The van der Waals surface area contributed by atoms with Crippen LogP contribution in [0.3, 0.4) is 0 Å². The minimum absolute atomic E-state index is 0.0480. The highest BCUT2D eigenvalue weighted by Gasteiger charge is 2.27. The number of rotatable bonds is 9. The van der Waals surface area contributed by atoms with Crippen molar-refractivity contribution in [3.05, 3.63) is 66.5 Å². The molecule has 1 saturated carbocycles. The fourth-order valence-corrected chi connectivity index (χ4v) is 4.43. The van der Waals surface area contributed by atoms with Gasteiger partial charge < -0.3 is 4.74 Å². The van der Waals surface area contributed by atoms with Crippen molar-refractivity contribution >= 4 is 0 Å². The molecule has 4 heteroatoms. The van der Waals surface area contributed by atoms with Gasteiger partial charge in [-0.15, -0.1) is 0 Å². The van der Waals surface area contributed by atoms with E-state index in [1.54, 1.807) is 24.3 Å². The first kappa shape index (κ1) is 22.5. The molecule has 1 unspecified atom stereocenters. The number of unbranched alkanes of at least 4 members (excludes halogenated alkanes) is 2. The molecule has 0 spiro atoms. The van der Waals surface area contributed by atoms with Gasteiger partial charge in [-0.2, -0.15) is 0 Å². The lowest BCUT2D eigenvalue weighted by Crippen LogP contribution is -2.29. The first-order valence-electron chi connectivity index (χ1n) is 11.1. The Morgan fingerprint density at radius 2 is 1.60 bits per heavy atom. The summed E-state index contributed by atoms with van der Waals surface area (Å²) in [5.74, 6) is -1.84. The molecule has 162 valence electrons. The molecule has 30 heavy (non-hydrogen) atoms. The molecule has 1 aliphatic carbocycles. The predicted octanol–water partition coefficient (Wildman–Crippen LogP) is 8.09. The van der Waals surface area contributed by atoms with Gasteiger partial charge in [-0.1, -0.05) is 70.2 Å². The first-order chi connectivity index (χ1) is 14.5. The third-order valence-electron chi connectivity index (χ3n) is 6.25. The van der Waals surface area contributed by atoms with E-state index in [4.69, 9.17) is 4.74 Å². The number of ether oxygens (including phenoxy) is 1. The van der Waals surface area contributed by atoms with Gasteiger partial charge in [0.05, 0.1) is 0 Å². The predicted molar refractivity (Wildman–Crippen MR) is 116 cm³/mol. The number of hydrogen-bond acceptors (Lipinski definition) is 1. The Labute approximate surface area is 178 Å². The van der Waals surface area contributed by atoms with E-state index in [9.17, 15) is 13.2 Å². The van der Waals surface area contributed by atoms with Crippen LogP contribution in [0.2, 0.25) is 0 Å². The van der Waals surface area contributed by atoms with E-state index >= 15 is 0 Å². The molecule has 3 rings (SSSR count). The molecule has 0 aliphatic heterocycles. The summed E-state index contributed by atoms with van der Waals surface area (Å²) in [6.45, 7) is 6.20. The van der Waals surface area contributed by atoms with Gasteiger partial charge in [0.2, 0.25) is 0 Å². The van der Waals surface area contributed by atoms with Crippen molar-refractivity contribution in [2.24, 2.45) is 11.8 Å². The third-order valence-corrected chi connectivity index (χ3v) is 6.25. The highest BCUT2D eigenvalue weighted by Crippen LogP contribution is 2.35. The zero-order valence-corrected chi connectivity index (χ0v) is 17.7. The molecular formula is C26H31F3O. The summed E-state index contributed by atoms with van der Waals surface area (Å²) in [6.07, 6.45) is 11.9. The summed E-state index contributed by atoms with van der Waals surface area (Å²) in [5, 5.41) is 0. The maximum absolute atomic E-state index is 13.5. The number of benzene rings is 2. The molecule has 2 aromatic rings. The van der Waals surface area contributed by atoms with Crippen LogP contribution in [0.1, 0.15) is 58.3 Å². The molecule has 0 aromatic heterocycles. The Bertz CT molecular complexity index is 800. The van der Waals surface area contributed by atoms with Crippen molar-refractivity contribution in [1.82, 2.24) is 0 Å². The highest BCUT2D eigenvalue weighted by atomic mass is 19.2. The highest BCUT2D eigenvalue weighted by molar-refractivity contribution is 5.64. The maximum Gasteiger partial charge on any atom is 0.194 e. The normalized spacial score (nSPS) is 20.0. The van der Waals surface area contributed by atoms with Crippen LogP contribution in [0.5, 0.6) is 5.75 Å². The van der Waals surface area contributed by atoms with E-state index in [2.05, 4.69) is 13.5 Å². The van der Waals surface area contributed by atoms with Crippen LogP contribution in [-0.4, -0.2) is 6.10 Å². The smallest absolute Gasteiger partial charge is 0.194 e. The van der Waals surface area contributed by atoms with Crippen LogP contribution in [0.15, 0.2) is 49.1 Å². The summed E-state index contributed by atoms with van der Waals surface area (Å²) in [7, 11) is 0. The zero-order chi connectivity index (χ0) is 21.5. The molecule has 1 aliphatic rings. The van der Waals surface area contributed by atoms with E-state index in [-0.39, 0.29) is 6.10 Å². The largest absolute Gasteiger partial charge is 0.486 e. The fraction of sp³-hybridized carbons (Fsp3) is 0.462. The Hall–Kier alpha value is -2.23. The van der Waals surface area contributed by atoms with Crippen LogP contribution in [0.4, 0.5) is 13.2 Å². The van der Waals surface area contributed by atoms with Crippen LogP contribution in [-0.2, 0) is 0 Å². The van der Waals surface area contributed by atoms with Crippen LogP contribution < -0.4 is 4.74 Å². The monoisotopic (exact) mass is 416 g/mol. The lowest BCUT2D eigenvalue weighted by Gasteiger charge is -2.32. The summed E-state index contributed by atoms with van der Waals surface area (Å²) >= 11 is 0. The molecule has 0 amide bonds. The quantitative estimate of drug-likeness (QED) is 0.228. The van der Waals surface area contributed by atoms with Crippen LogP contribution >= 0.6 is 0 Å². The van der Waals surface area contributed by atoms with E-state index in [0.29, 0.717) is 22.8 Å². The van der Waals surface area contributed by atoms with E-state index in [1.165, 1.54) is 38.5 Å². The molecule has 0 heterocycles. The first-order valence-corrected chi connectivity index (χ1v) is 11.1. The number of halogens is 3. The molecule has 0 N–H and O–H groups in total. The lowest BCUT2D eigenvalue weighted by molar-refractivity contribution is 0.127. The minimum atomic E-state index is -1.45. The maximum atomic E-state index is 13.5. The van der Waals surface area contributed by atoms with Crippen molar-refractivity contribution < 1.29 is 17.9 Å². The summed E-state index contributed by atoms with van der Waals surface area (Å²) in [6, 6.07) is 9.01. The van der Waals surface area contributed by atoms with Crippen molar-refractivity contribution in [3.63, 3.8) is 0 Å². The molecule has 1 fully saturated rings. The molecule has 1 atom stereocenters. The van der Waals surface area contributed by atoms with Gasteiger partial charge in [0, 0.05) is 0 Å². The average molecular weight is 417 g/mol. The molecule has 0 radical (unpaired) electrons. The number of hydrogen-bond donors (Lipinski definition) is 0. The van der Waals surface area contributed by atoms with Gasteiger partial charge >= 0.3 is 0 Å². The van der Waals surface area contributed by atoms with Gasteiger partial charge in [0.1, 0.15) is 11.9 Å². The van der Waals surface area contributed by atoms with Crippen molar-refractivity contribution in [1.29, 1.82) is 0 Å². The second-order valence-corrected chi connectivity index (χ2v) is 8.37. The van der Waals surface area contributed by atoms with Crippen LogP contribution in [0, 0.1) is 29.3 Å². The molecule has 1 nitrogen and oxygen atoms in total. The van der Waals surface area contributed by atoms with E-state index in [1.807, 2.05) is 6.08 Å². The molecule has 0 saturated heterocycles. The zero-order valence-electron chi connectivity index (χ0n) is 17.7. The second kappa shape index (κ2) is 10.7.